The number of hydrogen-bond donors (Lipinski definition) is 0. The topological polar surface area (TPSA) is 3.24 Å². The molecule has 2 rings (SSSR count). The minimum atomic E-state index is 0.456. The zero-order valence-corrected chi connectivity index (χ0v) is 8.43. The van der Waals surface area contributed by atoms with Gasteiger partial charge in [-0.05, 0) is 24.8 Å². The molecule has 1 aliphatic rings. The highest BCUT2D eigenvalue weighted by atomic mass is 15.1. The summed E-state index contributed by atoms with van der Waals surface area (Å²) in [5.74, 6) is 0. The summed E-state index contributed by atoms with van der Waals surface area (Å²) in [6.45, 7) is 3.24. The highest BCUT2D eigenvalue weighted by Gasteiger charge is 2.10. The lowest BCUT2D eigenvalue weighted by molar-refractivity contribution is 0.326. The summed E-state index contributed by atoms with van der Waals surface area (Å²) >= 11 is 0. The molecule has 0 aromatic heterocycles. The lowest BCUT2D eigenvalue weighted by atomic mass is 10.1. The fraction of sp³-hybridized carbons (Fsp3) is 0.231. The van der Waals surface area contributed by atoms with E-state index >= 15 is 0 Å². The molecule has 1 aromatic rings. The summed E-state index contributed by atoms with van der Waals surface area (Å²) in [4.78, 5) is 2.33. The zero-order chi connectivity index (χ0) is 9.80. The predicted octanol–water partition coefficient (Wildman–Crippen LogP) is 3.13. The molecule has 0 amide bonds. The molecule has 0 spiro atoms. The Morgan fingerprint density at radius 1 is 1.14 bits per heavy atom. The molecule has 1 heterocycles. The average Bonchev–Trinajstić information content (AvgIpc) is 2.30. The molecule has 0 bridgehead atoms. The molecule has 0 saturated carbocycles. The van der Waals surface area contributed by atoms with E-state index in [4.69, 9.17) is 0 Å². The summed E-state index contributed by atoms with van der Waals surface area (Å²) in [5.41, 5.74) is 1.37. The van der Waals surface area contributed by atoms with Crippen LogP contribution >= 0.6 is 0 Å². The van der Waals surface area contributed by atoms with Crippen molar-refractivity contribution in [1.29, 1.82) is 0 Å². The highest BCUT2D eigenvalue weighted by molar-refractivity contribution is 5.20. The molecular weight excluding hydrogens is 170 g/mol. The first-order chi connectivity index (χ1) is 6.88. The van der Waals surface area contributed by atoms with Crippen LogP contribution in [0.4, 0.5) is 0 Å². The number of nitrogens with zero attached hydrogens (tertiary/aromatic N) is 1. The van der Waals surface area contributed by atoms with E-state index in [1.54, 1.807) is 0 Å². The van der Waals surface area contributed by atoms with E-state index in [1.165, 1.54) is 5.56 Å². The van der Waals surface area contributed by atoms with Crippen molar-refractivity contribution >= 4 is 0 Å². The third kappa shape index (κ3) is 1.87. The molecule has 1 atom stereocenters. The minimum Gasteiger partial charge on any atom is -0.367 e. The molecule has 0 radical (unpaired) electrons. The number of benzene rings is 1. The number of rotatable bonds is 2. The molecule has 0 unspecified atom stereocenters. The van der Waals surface area contributed by atoms with E-state index in [2.05, 4.69) is 66.6 Å². The van der Waals surface area contributed by atoms with Crippen LogP contribution in [0.3, 0.4) is 0 Å². The fourth-order valence-electron chi connectivity index (χ4n) is 1.69. The number of allylic oxidation sites excluding steroid dienone is 2. The van der Waals surface area contributed by atoms with E-state index in [1.807, 2.05) is 0 Å². The first-order valence-corrected chi connectivity index (χ1v) is 5.02. The molecule has 0 fully saturated rings. The van der Waals surface area contributed by atoms with Crippen LogP contribution in [0, 0.1) is 0 Å². The summed E-state index contributed by atoms with van der Waals surface area (Å²) < 4.78 is 0. The van der Waals surface area contributed by atoms with Crippen molar-refractivity contribution < 1.29 is 0 Å². The molecular formula is C13H15N. The third-order valence-corrected chi connectivity index (χ3v) is 2.62. The lowest BCUT2D eigenvalue weighted by Crippen LogP contribution is -2.22. The van der Waals surface area contributed by atoms with E-state index in [-0.39, 0.29) is 0 Å². The van der Waals surface area contributed by atoms with Gasteiger partial charge in [-0.25, -0.2) is 0 Å². The highest BCUT2D eigenvalue weighted by Crippen LogP contribution is 2.20. The summed E-state index contributed by atoms with van der Waals surface area (Å²) in [5, 5.41) is 0. The molecule has 1 nitrogen and oxygen atoms in total. The van der Waals surface area contributed by atoms with Gasteiger partial charge in [0.25, 0.3) is 0 Å². The van der Waals surface area contributed by atoms with E-state index in [9.17, 15) is 0 Å². The Morgan fingerprint density at radius 2 is 1.93 bits per heavy atom. The van der Waals surface area contributed by atoms with Gasteiger partial charge in [-0.15, -0.1) is 0 Å². The second kappa shape index (κ2) is 4.14. The van der Waals surface area contributed by atoms with Crippen molar-refractivity contribution in [1.82, 2.24) is 4.90 Å². The van der Waals surface area contributed by atoms with Crippen LogP contribution < -0.4 is 0 Å². The largest absolute Gasteiger partial charge is 0.367 e. The Bertz CT molecular complexity index is 338. The molecule has 1 aliphatic heterocycles. The maximum atomic E-state index is 2.33. The van der Waals surface area contributed by atoms with Gasteiger partial charge in [-0.2, -0.15) is 0 Å². The SMILES string of the molecule is C[C@H](c1ccccc1)N1C=CC=CC1. The van der Waals surface area contributed by atoms with Gasteiger partial charge in [-0.3, -0.25) is 0 Å². The van der Waals surface area contributed by atoms with Crippen molar-refractivity contribution in [3.8, 4) is 0 Å². The second-order valence-electron chi connectivity index (χ2n) is 3.55. The summed E-state index contributed by atoms with van der Waals surface area (Å²) in [6, 6.07) is 11.1. The van der Waals surface area contributed by atoms with Crippen LogP contribution in [-0.2, 0) is 0 Å². The van der Waals surface area contributed by atoms with Crippen LogP contribution in [-0.4, -0.2) is 11.4 Å². The van der Waals surface area contributed by atoms with Gasteiger partial charge in [0.15, 0.2) is 0 Å². The monoisotopic (exact) mass is 185 g/mol. The van der Waals surface area contributed by atoms with Crippen molar-refractivity contribution in [2.24, 2.45) is 0 Å². The van der Waals surface area contributed by atoms with Gasteiger partial charge in [0.1, 0.15) is 0 Å². The number of hydrogen-bond acceptors (Lipinski definition) is 1. The second-order valence-corrected chi connectivity index (χ2v) is 3.55. The van der Waals surface area contributed by atoms with Crippen LogP contribution in [0.1, 0.15) is 18.5 Å². The van der Waals surface area contributed by atoms with Gasteiger partial charge < -0.3 is 4.90 Å². The first-order valence-electron chi connectivity index (χ1n) is 5.02. The van der Waals surface area contributed by atoms with Gasteiger partial charge in [0.2, 0.25) is 0 Å². The fourth-order valence-corrected chi connectivity index (χ4v) is 1.69. The summed E-state index contributed by atoms with van der Waals surface area (Å²) in [6.07, 6.45) is 8.51. The van der Waals surface area contributed by atoms with E-state index in [0.29, 0.717) is 6.04 Å². The minimum absolute atomic E-state index is 0.456. The van der Waals surface area contributed by atoms with Gasteiger partial charge in [0.05, 0.1) is 6.04 Å². The first kappa shape index (κ1) is 9.07. The smallest absolute Gasteiger partial charge is 0.0512 e. The van der Waals surface area contributed by atoms with Crippen LogP contribution in [0.25, 0.3) is 0 Å². The normalized spacial score (nSPS) is 17.1. The Balaban J connectivity index is 2.12. The Kier molecular flexibility index (Phi) is 2.68. The zero-order valence-electron chi connectivity index (χ0n) is 8.43. The maximum Gasteiger partial charge on any atom is 0.0512 e. The van der Waals surface area contributed by atoms with Crippen molar-refractivity contribution in [3.05, 3.63) is 60.3 Å². The Labute approximate surface area is 85.4 Å². The molecule has 1 aromatic carbocycles. The molecule has 14 heavy (non-hydrogen) atoms. The van der Waals surface area contributed by atoms with Crippen molar-refractivity contribution in [3.63, 3.8) is 0 Å². The van der Waals surface area contributed by atoms with Gasteiger partial charge in [-0.1, -0.05) is 42.5 Å². The average molecular weight is 185 g/mol. The van der Waals surface area contributed by atoms with Crippen LogP contribution in [0.2, 0.25) is 0 Å². The van der Waals surface area contributed by atoms with E-state index in [0.717, 1.165) is 6.54 Å². The molecule has 1 heteroatoms. The quantitative estimate of drug-likeness (QED) is 0.684. The maximum absolute atomic E-state index is 2.33. The third-order valence-electron chi connectivity index (χ3n) is 2.62. The molecule has 0 aliphatic carbocycles. The standard InChI is InChI=1S/C13H15N/c1-12(13-8-4-2-5-9-13)14-10-6-3-7-11-14/h2-10,12H,11H2,1H3/t12-/m1/s1. The van der Waals surface area contributed by atoms with Crippen molar-refractivity contribution in [2.75, 3.05) is 6.54 Å². The van der Waals surface area contributed by atoms with Gasteiger partial charge in [0, 0.05) is 6.54 Å². The summed E-state index contributed by atoms with van der Waals surface area (Å²) in [7, 11) is 0. The molecule has 0 N–H and O–H groups in total. The Hall–Kier alpha value is -1.50. The van der Waals surface area contributed by atoms with E-state index < -0.39 is 0 Å². The predicted molar refractivity (Wildman–Crippen MR) is 59.8 cm³/mol. The lowest BCUT2D eigenvalue weighted by Gasteiger charge is -2.28. The van der Waals surface area contributed by atoms with Crippen LogP contribution in [0.15, 0.2) is 54.8 Å². The van der Waals surface area contributed by atoms with Crippen molar-refractivity contribution in [2.45, 2.75) is 13.0 Å². The molecule has 0 saturated heterocycles. The van der Waals surface area contributed by atoms with Crippen LogP contribution in [0.5, 0.6) is 0 Å². The van der Waals surface area contributed by atoms with Gasteiger partial charge >= 0.3 is 0 Å². The Morgan fingerprint density at radius 3 is 2.57 bits per heavy atom. The molecule has 72 valence electrons.